The standard InChI is InChI=1S/C20H24N2O4/c1-5-26-20(25)18(12(2)3)13(4)21-22-19(24)16-10-14-8-6-7-9-15(14)11-17(16)23/h6-12,18,23H,5H2,1-4H3,(H,22,24)/b21-13+. The first-order chi connectivity index (χ1) is 12.3. The molecule has 2 rings (SSSR count). The molecule has 1 amide bonds. The fourth-order valence-electron chi connectivity index (χ4n) is 2.84. The van der Waals surface area contributed by atoms with Gasteiger partial charge in [-0.2, -0.15) is 5.10 Å². The number of nitrogens with zero attached hydrogens (tertiary/aromatic N) is 1. The topological polar surface area (TPSA) is 88.0 Å². The molecule has 0 aliphatic heterocycles. The molecule has 0 bridgehead atoms. The average molecular weight is 356 g/mol. The van der Waals surface area contributed by atoms with Crippen LogP contribution in [0.5, 0.6) is 5.75 Å². The Labute approximate surface area is 152 Å². The van der Waals surface area contributed by atoms with Gasteiger partial charge in [-0.1, -0.05) is 38.1 Å². The van der Waals surface area contributed by atoms with Crippen molar-refractivity contribution in [3.63, 3.8) is 0 Å². The predicted molar refractivity (Wildman–Crippen MR) is 101 cm³/mol. The minimum atomic E-state index is -0.543. The van der Waals surface area contributed by atoms with Gasteiger partial charge in [0.05, 0.1) is 18.1 Å². The molecule has 0 aliphatic rings. The smallest absolute Gasteiger partial charge is 0.314 e. The van der Waals surface area contributed by atoms with Gasteiger partial charge in [0.1, 0.15) is 5.75 Å². The van der Waals surface area contributed by atoms with Gasteiger partial charge in [-0.25, -0.2) is 5.43 Å². The fourth-order valence-corrected chi connectivity index (χ4v) is 2.84. The summed E-state index contributed by atoms with van der Waals surface area (Å²) in [5.41, 5.74) is 2.99. The molecule has 0 fully saturated rings. The molecule has 138 valence electrons. The van der Waals surface area contributed by atoms with Gasteiger partial charge in [-0.3, -0.25) is 9.59 Å². The molecule has 2 N–H and O–H groups in total. The Morgan fingerprint density at radius 1 is 1.19 bits per heavy atom. The minimum absolute atomic E-state index is 0.0243. The predicted octanol–water partition coefficient (Wildman–Crippen LogP) is 3.49. The number of nitrogens with one attached hydrogen (secondary N) is 1. The quantitative estimate of drug-likeness (QED) is 0.471. The van der Waals surface area contributed by atoms with E-state index >= 15 is 0 Å². The summed E-state index contributed by atoms with van der Waals surface area (Å²) in [6.45, 7) is 7.47. The van der Waals surface area contributed by atoms with Gasteiger partial charge < -0.3 is 9.84 Å². The van der Waals surface area contributed by atoms with Crippen molar-refractivity contribution in [3.05, 3.63) is 42.0 Å². The van der Waals surface area contributed by atoms with E-state index in [2.05, 4.69) is 10.5 Å². The molecule has 2 aromatic rings. The van der Waals surface area contributed by atoms with Crippen LogP contribution in [-0.4, -0.2) is 29.3 Å². The number of benzene rings is 2. The molecule has 0 saturated carbocycles. The van der Waals surface area contributed by atoms with Crippen LogP contribution in [0.2, 0.25) is 0 Å². The lowest BCUT2D eigenvalue weighted by Crippen LogP contribution is -2.31. The Morgan fingerprint density at radius 2 is 1.81 bits per heavy atom. The zero-order chi connectivity index (χ0) is 19.3. The van der Waals surface area contributed by atoms with E-state index in [9.17, 15) is 14.7 Å². The highest BCUT2D eigenvalue weighted by atomic mass is 16.5. The molecule has 0 aromatic heterocycles. The largest absolute Gasteiger partial charge is 0.507 e. The Balaban J connectivity index is 2.22. The average Bonchev–Trinajstić information content (AvgIpc) is 2.59. The Hall–Kier alpha value is -2.89. The summed E-state index contributed by atoms with van der Waals surface area (Å²) in [6.07, 6.45) is 0. The Bertz CT molecular complexity index is 843. The van der Waals surface area contributed by atoms with Gasteiger partial charge in [0.15, 0.2) is 0 Å². The van der Waals surface area contributed by atoms with E-state index in [4.69, 9.17) is 4.74 Å². The third kappa shape index (κ3) is 4.39. The van der Waals surface area contributed by atoms with Crippen LogP contribution in [0.4, 0.5) is 0 Å². The molecule has 26 heavy (non-hydrogen) atoms. The van der Waals surface area contributed by atoms with Crippen LogP contribution in [0.15, 0.2) is 41.5 Å². The molecule has 6 nitrogen and oxygen atoms in total. The van der Waals surface area contributed by atoms with Crippen LogP contribution in [0.1, 0.15) is 38.1 Å². The van der Waals surface area contributed by atoms with E-state index < -0.39 is 11.8 Å². The normalized spacial score (nSPS) is 12.9. The number of carbonyl (C=O) groups is 2. The van der Waals surface area contributed by atoms with Gasteiger partial charge in [0, 0.05) is 5.71 Å². The van der Waals surface area contributed by atoms with Gasteiger partial charge in [0.2, 0.25) is 0 Å². The first-order valence-electron chi connectivity index (χ1n) is 8.58. The van der Waals surface area contributed by atoms with E-state index in [1.54, 1.807) is 19.9 Å². The molecule has 0 aliphatic carbocycles. The maximum Gasteiger partial charge on any atom is 0.314 e. The number of aromatic hydroxyl groups is 1. The molecule has 2 aromatic carbocycles. The molecule has 6 heteroatoms. The van der Waals surface area contributed by atoms with Crippen molar-refractivity contribution in [3.8, 4) is 5.75 Å². The molecule has 1 atom stereocenters. The SMILES string of the molecule is CCOC(=O)C(/C(C)=N/NC(=O)c1cc2ccccc2cc1O)C(C)C. The number of hydrogen-bond acceptors (Lipinski definition) is 5. The zero-order valence-corrected chi connectivity index (χ0v) is 15.4. The summed E-state index contributed by atoms with van der Waals surface area (Å²) >= 11 is 0. The van der Waals surface area contributed by atoms with Crippen molar-refractivity contribution in [1.29, 1.82) is 0 Å². The second kappa shape index (κ2) is 8.47. The number of ether oxygens (including phenoxy) is 1. The van der Waals surface area contributed by atoms with Crippen molar-refractivity contribution < 1.29 is 19.4 Å². The first kappa shape index (κ1) is 19.4. The summed E-state index contributed by atoms with van der Waals surface area (Å²) in [5, 5.41) is 15.8. The Morgan fingerprint density at radius 3 is 2.38 bits per heavy atom. The molecule has 0 heterocycles. The lowest BCUT2D eigenvalue weighted by atomic mass is 9.92. The Kier molecular flexibility index (Phi) is 6.33. The van der Waals surface area contributed by atoms with E-state index in [0.717, 1.165) is 10.8 Å². The highest BCUT2D eigenvalue weighted by Gasteiger charge is 2.27. The summed E-state index contributed by atoms with van der Waals surface area (Å²) < 4.78 is 5.07. The lowest BCUT2D eigenvalue weighted by Gasteiger charge is -2.18. The molecule has 1 unspecified atom stereocenters. The van der Waals surface area contributed by atoms with Crippen LogP contribution in [0, 0.1) is 11.8 Å². The lowest BCUT2D eigenvalue weighted by molar-refractivity contribution is -0.146. The van der Waals surface area contributed by atoms with Crippen LogP contribution < -0.4 is 5.43 Å². The number of phenolic OH excluding ortho intramolecular Hbond substituents is 1. The third-order valence-corrected chi connectivity index (χ3v) is 4.10. The van der Waals surface area contributed by atoms with Crippen molar-refractivity contribution in [2.45, 2.75) is 27.7 Å². The summed E-state index contributed by atoms with van der Waals surface area (Å²) in [4.78, 5) is 24.5. The number of hydrogen-bond donors (Lipinski definition) is 2. The summed E-state index contributed by atoms with van der Waals surface area (Å²) in [6, 6.07) is 10.6. The van der Waals surface area contributed by atoms with Crippen molar-refractivity contribution in [2.24, 2.45) is 16.9 Å². The van der Waals surface area contributed by atoms with E-state index in [0.29, 0.717) is 5.71 Å². The summed E-state index contributed by atoms with van der Waals surface area (Å²) in [7, 11) is 0. The summed E-state index contributed by atoms with van der Waals surface area (Å²) in [5.74, 6) is -1.60. The zero-order valence-electron chi connectivity index (χ0n) is 15.4. The number of hydrazone groups is 1. The first-order valence-corrected chi connectivity index (χ1v) is 8.58. The van der Waals surface area contributed by atoms with Crippen LogP contribution in [0.25, 0.3) is 10.8 Å². The van der Waals surface area contributed by atoms with Gasteiger partial charge in [-0.15, -0.1) is 0 Å². The number of amides is 1. The number of phenols is 1. The maximum atomic E-state index is 12.4. The van der Waals surface area contributed by atoms with Gasteiger partial charge in [0.25, 0.3) is 5.91 Å². The highest BCUT2D eigenvalue weighted by molar-refractivity contribution is 6.04. The number of carbonyl (C=O) groups excluding carboxylic acids is 2. The second-order valence-corrected chi connectivity index (χ2v) is 6.38. The number of esters is 1. The number of rotatable bonds is 6. The van der Waals surface area contributed by atoms with Crippen molar-refractivity contribution in [1.82, 2.24) is 5.43 Å². The van der Waals surface area contributed by atoms with E-state index in [-0.39, 0.29) is 29.8 Å². The third-order valence-electron chi connectivity index (χ3n) is 4.10. The number of fused-ring (bicyclic) bond motifs is 1. The molecule has 0 radical (unpaired) electrons. The molecular formula is C20H24N2O4. The van der Waals surface area contributed by atoms with Gasteiger partial charge >= 0.3 is 5.97 Å². The van der Waals surface area contributed by atoms with Crippen LogP contribution in [-0.2, 0) is 9.53 Å². The van der Waals surface area contributed by atoms with E-state index in [1.165, 1.54) is 6.07 Å². The van der Waals surface area contributed by atoms with E-state index in [1.807, 2.05) is 38.1 Å². The fraction of sp³-hybridized carbons (Fsp3) is 0.350. The van der Waals surface area contributed by atoms with Crippen molar-refractivity contribution in [2.75, 3.05) is 6.61 Å². The monoisotopic (exact) mass is 356 g/mol. The van der Waals surface area contributed by atoms with Crippen LogP contribution >= 0.6 is 0 Å². The minimum Gasteiger partial charge on any atom is -0.507 e. The molecule has 0 saturated heterocycles. The van der Waals surface area contributed by atoms with Crippen molar-refractivity contribution >= 4 is 28.4 Å². The maximum absolute atomic E-state index is 12.4. The highest BCUT2D eigenvalue weighted by Crippen LogP contribution is 2.25. The molecular weight excluding hydrogens is 332 g/mol. The second-order valence-electron chi connectivity index (χ2n) is 6.38. The van der Waals surface area contributed by atoms with Crippen LogP contribution in [0.3, 0.4) is 0 Å². The molecule has 0 spiro atoms. The van der Waals surface area contributed by atoms with Gasteiger partial charge in [-0.05, 0) is 42.7 Å².